The number of aryl methyl sites for hydroxylation is 1. The third-order valence-electron chi connectivity index (χ3n) is 6.34. The molecule has 6 heteroatoms. The minimum atomic E-state index is 0.0596. The number of aromatic nitrogens is 1. The summed E-state index contributed by atoms with van der Waals surface area (Å²) in [6, 6.07) is 13.0. The van der Waals surface area contributed by atoms with Gasteiger partial charge in [0.2, 0.25) is 0 Å². The van der Waals surface area contributed by atoms with Gasteiger partial charge in [0, 0.05) is 60.4 Å². The number of rotatable bonds is 3. The van der Waals surface area contributed by atoms with Gasteiger partial charge in [0.25, 0.3) is 5.56 Å². The zero-order valence-electron chi connectivity index (χ0n) is 17.3. The number of fused-ring (bicyclic) bond motifs is 3. The third kappa shape index (κ3) is 3.74. The summed E-state index contributed by atoms with van der Waals surface area (Å²) in [6.45, 7) is 8.15. The largest absolute Gasteiger partial charge is 0.384 e. The summed E-state index contributed by atoms with van der Waals surface area (Å²) in [5.74, 6) is 0. The first-order valence-corrected chi connectivity index (χ1v) is 11.5. The summed E-state index contributed by atoms with van der Waals surface area (Å²) < 4.78 is 1.12. The van der Waals surface area contributed by atoms with E-state index in [9.17, 15) is 4.79 Å². The highest BCUT2D eigenvalue weighted by Gasteiger charge is 2.20. The van der Waals surface area contributed by atoms with Gasteiger partial charge in [0.15, 0.2) is 0 Å². The molecule has 156 valence electrons. The molecule has 5 nitrogen and oxygen atoms in total. The van der Waals surface area contributed by atoms with Gasteiger partial charge in [-0.1, -0.05) is 22.0 Å². The molecule has 2 aliphatic rings. The fourth-order valence-electron chi connectivity index (χ4n) is 4.83. The molecule has 1 saturated heterocycles. The second-order valence-electron chi connectivity index (χ2n) is 8.41. The van der Waals surface area contributed by atoms with Crippen molar-refractivity contribution in [3.63, 3.8) is 0 Å². The van der Waals surface area contributed by atoms with Gasteiger partial charge in [0.05, 0.1) is 11.2 Å². The van der Waals surface area contributed by atoms with Gasteiger partial charge < -0.3 is 15.2 Å². The maximum atomic E-state index is 12.6. The number of hydrogen-bond donors (Lipinski definition) is 2. The van der Waals surface area contributed by atoms with E-state index in [1.165, 1.54) is 22.2 Å². The Morgan fingerprint density at radius 3 is 2.60 bits per heavy atom. The van der Waals surface area contributed by atoms with Crippen LogP contribution in [0, 0.1) is 6.92 Å². The minimum Gasteiger partial charge on any atom is -0.384 e. The van der Waals surface area contributed by atoms with E-state index in [1.807, 2.05) is 0 Å². The van der Waals surface area contributed by atoms with E-state index in [-0.39, 0.29) is 5.56 Å². The van der Waals surface area contributed by atoms with Crippen LogP contribution in [0.3, 0.4) is 0 Å². The summed E-state index contributed by atoms with van der Waals surface area (Å²) in [4.78, 5) is 20.7. The van der Waals surface area contributed by atoms with Crippen LogP contribution in [-0.4, -0.2) is 42.6 Å². The van der Waals surface area contributed by atoms with Crippen molar-refractivity contribution in [1.29, 1.82) is 0 Å². The minimum absolute atomic E-state index is 0.0596. The first-order valence-electron chi connectivity index (χ1n) is 10.7. The number of nitrogens with zero attached hydrogens (tertiary/aromatic N) is 2. The molecule has 3 heterocycles. The molecule has 0 unspecified atom stereocenters. The fraction of sp³-hybridized carbons (Fsp3) is 0.375. The zero-order valence-corrected chi connectivity index (χ0v) is 18.9. The number of pyridine rings is 1. The monoisotopic (exact) mass is 466 g/mol. The van der Waals surface area contributed by atoms with Gasteiger partial charge in [-0.05, 0) is 61.2 Å². The molecule has 2 aliphatic heterocycles. The van der Waals surface area contributed by atoms with Crippen LogP contribution in [0.15, 0.2) is 45.7 Å². The van der Waals surface area contributed by atoms with Crippen molar-refractivity contribution in [2.24, 2.45) is 0 Å². The molecule has 0 spiro atoms. The Labute approximate surface area is 185 Å². The van der Waals surface area contributed by atoms with Crippen LogP contribution in [0.5, 0.6) is 0 Å². The molecule has 0 radical (unpaired) electrons. The summed E-state index contributed by atoms with van der Waals surface area (Å²) in [7, 11) is 0. The van der Waals surface area contributed by atoms with E-state index in [1.54, 1.807) is 0 Å². The molecule has 0 amide bonds. The summed E-state index contributed by atoms with van der Waals surface area (Å²) in [5, 5.41) is 4.65. The van der Waals surface area contributed by atoms with Crippen molar-refractivity contribution < 1.29 is 0 Å². The molecule has 2 N–H and O–H groups in total. The van der Waals surface area contributed by atoms with Crippen LogP contribution >= 0.6 is 15.9 Å². The normalized spacial score (nSPS) is 17.1. The molecular formula is C24H27BrN4O. The molecule has 0 aliphatic carbocycles. The van der Waals surface area contributed by atoms with Crippen molar-refractivity contribution in [3.05, 3.63) is 67.9 Å². The molecule has 30 heavy (non-hydrogen) atoms. The Bertz CT molecular complexity index is 1130. The smallest absolute Gasteiger partial charge is 0.253 e. The molecule has 3 aromatic rings. The third-order valence-corrected chi connectivity index (χ3v) is 6.87. The van der Waals surface area contributed by atoms with E-state index in [0.717, 1.165) is 73.4 Å². The number of hydrogen-bond acceptors (Lipinski definition) is 4. The number of nitrogens with one attached hydrogen (secondary N) is 2. The van der Waals surface area contributed by atoms with Gasteiger partial charge in [-0.3, -0.25) is 9.69 Å². The standard InChI is InChI=1S/C24H27BrN4O/c1-16-13-17(14-21-22(16)23-20(24(30)27-21)3-2-8-26-23)15-28-9-11-29(12-10-28)19-6-4-18(25)5-7-19/h4-7,13-14,26H,2-3,8-12,15H2,1H3,(H,27,30). The predicted octanol–water partition coefficient (Wildman–Crippen LogP) is 4.28. The molecule has 0 atom stereocenters. The lowest BCUT2D eigenvalue weighted by Crippen LogP contribution is -2.45. The highest BCUT2D eigenvalue weighted by Crippen LogP contribution is 2.31. The Balaban J connectivity index is 1.34. The Morgan fingerprint density at radius 1 is 1.07 bits per heavy atom. The van der Waals surface area contributed by atoms with E-state index in [4.69, 9.17) is 0 Å². The molecule has 1 fully saturated rings. The average Bonchev–Trinajstić information content (AvgIpc) is 2.75. The van der Waals surface area contributed by atoms with E-state index < -0.39 is 0 Å². The van der Waals surface area contributed by atoms with Crippen molar-refractivity contribution in [2.45, 2.75) is 26.3 Å². The molecule has 0 saturated carbocycles. The molecule has 2 aromatic carbocycles. The van der Waals surface area contributed by atoms with Crippen molar-refractivity contribution >= 4 is 38.2 Å². The van der Waals surface area contributed by atoms with Crippen LogP contribution < -0.4 is 15.8 Å². The maximum absolute atomic E-state index is 12.6. The molecule has 5 rings (SSSR count). The van der Waals surface area contributed by atoms with E-state index in [0.29, 0.717) is 0 Å². The highest BCUT2D eigenvalue weighted by molar-refractivity contribution is 9.10. The molecule has 1 aromatic heterocycles. The Morgan fingerprint density at radius 2 is 1.83 bits per heavy atom. The average molecular weight is 467 g/mol. The second-order valence-corrected chi connectivity index (χ2v) is 9.33. The van der Waals surface area contributed by atoms with Gasteiger partial charge in [-0.2, -0.15) is 0 Å². The van der Waals surface area contributed by atoms with Crippen molar-refractivity contribution in [2.75, 3.05) is 42.9 Å². The van der Waals surface area contributed by atoms with Crippen LogP contribution in [0.25, 0.3) is 10.9 Å². The Hall–Kier alpha value is -2.31. The van der Waals surface area contributed by atoms with Crippen LogP contribution in [0.1, 0.15) is 23.1 Å². The topological polar surface area (TPSA) is 51.4 Å². The van der Waals surface area contributed by atoms with Gasteiger partial charge >= 0.3 is 0 Å². The lowest BCUT2D eigenvalue weighted by atomic mass is 9.97. The van der Waals surface area contributed by atoms with Crippen LogP contribution in [0.2, 0.25) is 0 Å². The van der Waals surface area contributed by atoms with Gasteiger partial charge in [-0.25, -0.2) is 0 Å². The number of piperazine rings is 1. The van der Waals surface area contributed by atoms with Crippen molar-refractivity contribution in [1.82, 2.24) is 9.88 Å². The first-order chi connectivity index (χ1) is 14.6. The number of H-pyrrole nitrogens is 1. The second kappa shape index (κ2) is 8.08. The summed E-state index contributed by atoms with van der Waals surface area (Å²) >= 11 is 3.51. The molecular weight excluding hydrogens is 440 g/mol. The number of benzene rings is 2. The quantitative estimate of drug-likeness (QED) is 0.604. The van der Waals surface area contributed by atoms with Gasteiger partial charge in [-0.15, -0.1) is 0 Å². The lowest BCUT2D eigenvalue weighted by molar-refractivity contribution is 0.250. The lowest BCUT2D eigenvalue weighted by Gasteiger charge is -2.36. The SMILES string of the molecule is Cc1cc(CN2CCN(c3ccc(Br)cc3)CC2)cc2[nH]c(=O)c3c(c12)NCCC3. The maximum Gasteiger partial charge on any atom is 0.253 e. The van der Waals surface area contributed by atoms with Crippen molar-refractivity contribution in [3.8, 4) is 0 Å². The summed E-state index contributed by atoms with van der Waals surface area (Å²) in [6.07, 6.45) is 1.88. The van der Waals surface area contributed by atoms with Gasteiger partial charge in [0.1, 0.15) is 0 Å². The molecule has 0 bridgehead atoms. The Kier molecular flexibility index (Phi) is 5.29. The van der Waals surface area contributed by atoms with E-state index in [2.05, 4.69) is 79.4 Å². The van der Waals surface area contributed by atoms with E-state index >= 15 is 0 Å². The van der Waals surface area contributed by atoms with Crippen LogP contribution in [0.4, 0.5) is 11.4 Å². The zero-order chi connectivity index (χ0) is 20.7. The van der Waals surface area contributed by atoms with Crippen LogP contribution in [-0.2, 0) is 13.0 Å². The predicted molar refractivity (Wildman–Crippen MR) is 128 cm³/mol. The summed E-state index contributed by atoms with van der Waals surface area (Å²) in [5.41, 5.74) is 6.76. The highest BCUT2D eigenvalue weighted by atomic mass is 79.9. The number of anilines is 2. The fourth-order valence-corrected chi connectivity index (χ4v) is 5.10. The first kappa shape index (κ1) is 19.6. The number of aromatic amines is 1. The number of halogens is 1.